The average Bonchev–Trinajstić information content (AvgIpc) is 2.62. The Kier molecular flexibility index (Phi) is 5.88. The van der Waals surface area contributed by atoms with Crippen LogP contribution in [0, 0.1) is 6.92 Å². The van der Waals surface area contributed by atoms with Crippen molar-refractivity contribution in [1.82, 2.24) is 15.2 Å². The van der Waals surface area contributed by atoms with Crippen molar-refractivity contribution in [1.29, 1.82) is 0 Å². The minimum absolute atomic E-state index is 0.0522. The quantitative estimate of drug-likeness (QED) is 0.908. The fourth-order valence-corrected chi connectivity index (χ4v) is 3.90. The average molecular weight is 341 g/mol. The third-order valence-corrected chi connectivity index (χ3v) is 5.11. The molecule has 0 saturated carbocycles. The number of thioether (sulfide) groups is 1. The van der Waals surface area contributed by atoms with E-state index in [4.69, 9.17) is 0 Å². The van der Waals surface area contributed by atoms with Crippen LogP contribution in [-0.2, 0) is 11.3 Å². The van der Waals surface area contributed by atoms with Gasteiger partial charge in [0.2, 0.25) is 5.91 Å². The van der Waals surface area contributed by atoms with Gasteiger partial charge in [-0.3, -0.25) is 14.7 Å². The molecule has 0 radical (unpaired) electrons. The van der Waals surface area contributed by atoms with Crippen LogP contribution >= 0.6 is 11.8 Å². The van der Waals surface area contributed by atoms with Crippen LogP contribution in [0.5, 0.6) is 0 Å². The zero-order chi connectivity index (χ0) is 16.8. The van der Waals surface area contributed by atoms with Gasteiger partial charge in [-0.05, 0) is 24.6 Å². The molecule has 2 aromatic rings. The highest BCUT2D eigenvalue weighted by Crippen LogP contribution is 2.24. The lowest BCUT2D eigenvalue weighted by atomic mass is 10.0. The molecule has 126 valence electrons. The lowest BCUT2D eigenvalue weighted by Crippen LogP contribution is -2.44. The number of nitrogens with zero attached hydrogens (tertiary/aromatic N) is 2. The summed E-state index contributed by atoms with van der Waals surface area (Å²) < 4.78 is 0. The fourth-order valence-electron chi connectivity index (χ4n) is 2.97. The van der Waals surface area contributed by atoms with Gasteiger partial charge in [0.1, 0.15) is 6.04 Å². The van der Waals surface area contributed by atoms with Gasteiger partial charge in [-0.2, -0.15) is 11.8 Å². The summed E-state index contributed by atoms with van der Waals surface area (Å²) in [6.07, 6.45) is 0. The van der Waals surface area contributed by atoms with Gasteiger partial charge in [0.25, 0.3) is 0 Å². The van der Waals surface area contributed by atoms with Crippen molar-refractivity contribution in [3.05, 3.63) is 65.5 Å². The second-order valence-electron chi connectivity index (χ2n) is 5.95. The van der Waals surface area contributed by atoms with Gasteiger partial charge >= 0.3 is 0 Å². The monoisotopic (exact) mass is 341 g/mol. The van der Waals surface area contributed by atoms with Crippen LogP contribution in [0.15, 0.2) is 48.5 Å². The first kappa shape index (κ1) is 17.0. The summed E-state index contributed by atoms with van der Waals surface area (Å²) in [5.41, 5.74) is 2.91. The Morgan fingerprint density at radius 2 is 1.92 bits per heavy atom. The molecule has 4 nitrogen and oxygen atoms in total. The van der Waals surface area contributed by atoms with Crippen molar-refractivity contribution < 1.29 is 4.79 Å². The van der Waals surface area contributed by atoms with E-state index < -0.39 is 0 Å². The molecule has 0 unspecified atom stereocenters. The molecule has 1 aromatic heterocycles. The van der Waals surface area contributed by atoms with Gasteiger partial charge in [0.15, 0.2) is 0 Å². The zero-order valence-corrected chi connectivity index (χ0v) is 14.8. The normalized spacial score (nSPS) is 16.5. The van der Waals surface area contributed by atoms with Crippen molar-refractivity contribution in [2.24, 2.45) is 0 Å². The van der Waals surface area contributed by atoms with Gasteiger partial charge in [-0.1, -0.05) is 36.4 Å². The van der Waals surface area contributed by atoms with E-state index in [1.807, 2.05) is 67.2 Å². The van der Waals surface area contributed by atoms with Crippen molar-refractivity contribution in [2.45, 2.75) is 19.5 Å². The van der Waals surface area contributed by atoms with Crippen molar-refractivity contribution in [3.8, 4) is 0 Å². The maximum atomic E-state index is 12.9. The second kappa shape index (κ2) is 8.31. The molecule has 24 heavy (non-hydrogen) atoms. The minimum atomic E-state index is -0.225. The number of benzene rings is 1. The van der Waals surface area contributed by atoms with Crippen LogP contribution in [0.2, 0.25) is 0 Å². The maximum Gasteiger partial charge on any atom is 0.242 e. The zero-order valence-electron chi connectivity index (χ0n) is 13.9. The van der Waals surface area contributed by atoms with E-state index in [9.17, 15) is 4.79 Å². The number of aromatic nitrogens is 1. The summed E-state index contributed by atoms with van der Waals surface area (Å²) in [5.74, 6) is 2.21. The Morgan fingerprint density at radius 3 is 2.62 bits per heavy atom. The van der Waals surface area contributed by atoms with Gasteiger partial charge in [-0.25, -0.2) is 0 Å². The first-order chi connectivity index (χ1) is 11.7. The van der Waals surface area contributed by atoms with Gasteiger partial charge < -0.3 is 5.32 Å². The maximum absolute atomic E-state index is 12.9. The number of hydrogen-bond donors (Lipinski definition) is 1. The number of nitrogens with one attached hydrogen (secondary N) is 1. The van der Waals surface area contributed by atoms with Crippen LogP contribution in [0.4, 0.5) is 0 Å². The molecule has 2 heterocycles. The highest BCUT2D eigenvalue weighted by molar-refractivity contribution is 7.99. The standard InChI is InChI=1S/C19H23N3OS/c1-15-6-5-9-17(21-15)14-20-19(23)18(16-7-3-2-4-8-16)22-10-12-24-13-11-22/h2-9,18H,10-14H2,1H3,(H,20,23)/t18-/m1/s1. The molecule has 0 aliphatic carbocycles. The highest BCUT2D eigenvalue weighted by atomic mass is 32.2. The smallest absolute Gasteiger partial charge is 0.242 e. The number of aryl methyl sites for hydroxylation is 1. The lowest BCUT2D eigenvalue weighted by Gasteiger charge is -2.33. The summed E-state index contributed by atoms with van der Waals surface area (Å²) in [6, 6.07) is 15.7. The summed E-state index contributed by atoms with van der Waals surface area (Å²) >= 11 is 1.95. The van der Waals surface area contributed by atoms with Crippen LogP contribution in [-0.4, -0.2) is 40.4 Å². The number of rotatable bonds is 5. The third-order valence-electron chi connectivity index (χ3n) is 4.16. The number of carbonyl (C=O) groups is 1. The Balaban J connectivity index is 1.73. The molecule has 1 saturated heterocycles. The van der Waals surface area contributed by atoms with Crippen LogP contribution in [0.25, 0.3) is 0 Å². The molecular weight excluding hydrogens is 318 g/mol. The summed E-state index contributed by atoms with van der Waals surface area (Å²) in [7, 11) is 0. The minimum Gasteiger partial charge on any atom is -0.349 e. The van der Waals surface area contributed by atoms with Gasteiger partial charge in [0.05, 0.1) is 12.2 Å². The van der Waals surface area contributed by atoms with E-state index in [1.165, 1.54) is 0 Å². The topological polar surface area (TPSA) is 45.2 Å². The molecule has 1 fully saturated rings. The van der Waals surface area contributed by atoms with Crippen molar-refractivity contribution in [3.63, 3.8) is 0 Å². The molecule has 1 aliphatic heterocycles. The first-order valence-corrected chi connectivity index (χ1v) is 9.46. The molecule has 0 bridgehead atoms. The molecule has 1 N–H and O–H groups in total. The third kappa shape index (κ3) is 4.36. The molecule has 5 heteroatoms. The Hall–Kier alpha value is -1.85. The summed E-state index contributed by atoms with van der Waals surface area (Å²) in [4.78, 5) is 19.7. The van der Waals surface area contributed by atoms with E-state index >= 15 is 0 Å². The van der Waals surface area contributed by atoms with Gasteiger partial charge in [-0.15, -0.1) is 0 Å². The molecule has 1 amide bonds. The van der Waals surface area contributed by atoms with E-state index in [-0.39, 0.29) is 11.9 Å². The predicted octanol–water partition coefficient (Wildman–Crippen LogP) is 2.80. The number of amides is 1. The largest absolute Gasteiger partial charge is 0.349 e. The highest BCUT2D eigenvalue weighted by Gasteiger charge is 2.28. The Morgan fingerprint density at radius 1 is 1.17 bits per heavy atom. The van der Waals surface area contributed by atoms with Crippen molar-refractivity contribution in [2.75, 3.05) is 24.6 Å². The summed E-state index contributed by atoms with van der Waals surface area (Å²) in [6.45, 7) is 4.32. The fraction of sp³-hybridized carbons (Fsp3) is 0.368. The van der Waals surface area contributed by atoms with Gasteiger partial charge in [0, 0.05) is 30.3 Å². The Labute approximate surface area is 147 Å². The molecule has 3 rings (SSSR count). The molecule has 1 aromatic carbocycles. The Bertz CT molecular complexity index is 671. The molecule has 0 spiro atoms. The van der Waals surface area contributed by atoms with E-state index in [0.29, 0.717) is 6.54 Å². The lowest BCUT2D eigenvalue weighted by molar-refractivity contribution is -0.126. The summed E-state index contributed by atoms with van der Waals surface area (Å²) in [5, 5.41) is 3.07. The molecule has 1 atom stereocenters. The number of pyridine rings is 1. The SMILES string of the molecule is Cc1cccc(CNC(=O)[C@@H](c2ccccc2)N2CCSCC2)n1. The molecule has 1 aliphatic rings. The van der Waals surface area contributed by atoms with Crippen molar-refractivity contribution >= 4 is 17.7 Å². The molecular formula is C19H23N3OS. The first-order valence-electron chi connectivity index (χ1n) is 8.31. The van der Waals surface area contributed by atoms with Crippen LogP contribution < -0.4 is 5.32 Å². The number of hydrogen-bond acceptors (Lipinski definition) is 4. The predicted molar refractivity (Wildman–Crippen MR) is 98.9 cm³/mol. The van der Waals surface area contributed by atoms with E-state index in [1.54, 1.807) is 0 Å². The van der Waals surface area contributed by atoms with E-state index in [0.717, 1.165) is 41.5 Å². The number of carbonyl (C=O) groups excluding carboxylic acids is 1. The van der Waals surface area contributed by atoms with E-state index in [2.05, 4.69) is 15.2 Å². The second-order valence-corrected chi connectivity index (χ2v) is 7.17. The van der Waals surface area contributed by atoms with Crippen LogP contribution in [0.3, 0.4) is 0 Å². The van der Waals surface area contributed by atoms with Crippen LogP contribution in [0.1, 0.15) is 23.0 Å².